The number of hydrogen-bond acceptors (Lipinski definition) is 4. The number of carbonyl (C=O) groups is 1. The third-order valence-electron chi connectivity index (χ3n) is 2.30. The van der Waals surface area contributed by atoms with Crippen molar-refractivity contribution in [3.63, 3.8) is 0 Å². The number of hydrogen-bond donors (Lipinski definition) is 3. The summed E-state index contributed by atoms with van der Waals surface area (Å²) in [7, 11) is 0. The normalized spacial score (nSPS) is 13.4. The monoisotopic (exact) mass is 251 g/mol. The van der Waals surface area contributed by atoms with Crippen LogP contribution in [0.1, 0.15) is 5.56 Å². The van der Waals surface area contributed by atoms with Crippen LogP contribution in [0.3, 0.4) is 0 Å². The van der Waals surface area contributed by atoms with Crippen molar-refractivity contribution in [1.29, 1.82) is 0 Å². The van der Waals surface area contributed by atoms with Crippen LogP contribution >= 0.6 is 0 Å². The molecule has 1 rings (SSSR count). The van der Waals surface area contributed by atoms with Crippen LogP contribution in [0, 0.1) is 0 Å². The van der Waals surface area contributed by atoms with Gasteiger partial charge in [0.1, 0.15) is 12.7 Å². The van der Waals surface area contributed by atoms with Gasteiger partial charge in [-0.25, -0.2) is 4.79 Å². The summed E-state index contributed by atoms with van der Waals surface area (Å²) in [5.74, 6) is 0. The van der Waals surface area contributed by atoms with Gasteiger partial charge < -0.3 is 20.3 Å². The summed E-state index contributed by atoms with van der Waals surface area (Å²) in [5.41, 5.74) is 0.874. The quantitative estimate of drug-likeness (QED) is 0.654. The Morgan fingerprint density at radius 1 is 1.39 bits per heavy atom. The van der Waals surface area contributed by atoms with E-state index in [1.807, 2.05) is 30.3 Å². The largest absolute Gasteiger partial charge is 0.445 e. The van der Waals surface area contributed by atoms with Gasteiger partial charge in [-0.05, 0) is 5.56 Å². The Morgan fingerprint density at radius 3 is 2.67 bits per heavy atom. The van der Waals surface area contributed by atoms with Crippen molar-refractivity contribution in [3.05, 3.63) is 48.6 Å². The number of alkyl carbamates (subject to hydrolysis) is 1. The summed E-state index contributed by atoms with van der Waals surface area (Å²) in [6, 6.07) is 9.24. The molecule has 0 heterocycles. The number of ether oxygens (including phenoxy) is 1. The van der Waals surface area contributed by atoms with E-state index in [0.29, 0.717) is 0 Å². The van der Waals surface area contributed by atoms with Gasteiger partial charge in [-0.3, -0.25) is 0 Å². The number of rotatable bonds is 6. The van der Waals surface area contributed by atoms with Gasteiger partial charge in [0, 0.05) is 6.54 Å². The predicted octanol–water partition coefficient (Wildman–Crippen LogP) is 0.821. The highest BCUT2D eigenvalue weighted by Gasteiger charge is 2.13. The molecule has 0 aromatic heterocycles. The van der Waals surface area contributed by atoms with Crippen molar-refractivity contribution < 1.29 is 19.7 Å². The molecule has 0 fully saturated rings. The third-order valence-corrected chi connectivity index (χ3v) is 2.30. The molecule has 0 unspecified atom stereocenters. The van der Waals surface area contributed by atoms with Gasteiger partial charge in [-0.2, -0.15) is 0 Å². The highest BCUT2D eigenvalue weighted by Crippen LogP contribution is 2.00. The molecule has 0 saturated heterocycles. The van der Waals surface area contributed by atoms with Crippen LogP contribution in [0.5, 0.6) is 0 Å². The average molecular weight is 251 g/mol. The Bertz CT molecular complexity index is 380. The standard InChI is InChI=1S/C13H17NO4/c1-2-11(15)12(16)8-14-13(17)18-9-10-6-4-3-5-7-10/h2-7,11-12,15-16H,1,8-9H2,(H,14,17)/t11-,12+/m0/s1. The van der Waals surface area contributed by atoms with Crippen LogP contribution in [0.25, 0.3) is 0 Å². The predicted molar refractivity (Wildman–Crippen MR) is 66.8 cm³/mol. The van der Waals surface area contributed by atoms with Crippen molar-refractivity contribution >= 4 is 6.09 Å². The summed E-state index contributed by atoms with van der Waals surface area (Å²) in [6.45, 7) is 3.39. The minimum absolute atomic E-state index is 0.0964. The maximum Gasteiger partial charge on any atom is 0.407 e. The fourth-order valence-electron chi connectivity index (χ4n) is 1.24. The Hall–Kier alpha value is -1.85. The zero-order valence-corrected chi connectivity index (χ0v) is 9.95. The van der Waals surface area contributed by atoms with Crippen molar-refractivity contribution in [1.82, 2.24) is 5.32 Å². The maximum atomic E-state index is 11.3. The molecule has 3 N–H and O–H groups in total. The first-order valence-electron chi connectivity index (χ1n) is 5.56. The minimum Gasteiger partial charge on any atom is -0.445 e. The molecule has 0 radical (unpaired) electrons. The summed E-state index contributed by atoms with van der Waals surface area (Å²) >= 11 is 0. The Kier molecular flexibility index (Phi) is 5.90. The molecule has 1 aromatic carbocycles. The Labute approximate surface area is 106 Å². The van der Waals surface area contributed by atoms with Gasteiger partial charge in [-0.1, -0.05) is 36.4 Å². The van der Waals surface area contributed by atoms with E-state index < -0.39 is 18.3 Å². The number of nitrogens with one attached hydrogen (secondary N) is 1. The van der Waals surface area contributed by atoms with Crippen molar-refractivity contribution in [2.24, 2.45) is 0 Å². The Balaban J connectivity index is 2.24. The summed E-state index contributed by atoms with van der Waals surface area (Å²) in [5, 5.41) is 20.9. The summed E-state index contributed by atoms with van der Waals surface area (Å²) < 4.78 is 4.92. The van der Waals surface area contributed by atoms with E-state index in [-0.39, 0.29) is 13.2 Å². The van der Waals surface area contributed by atoms with Gasteiger partial charge >= 0.3 is 6.09 Å². The van der Waals surface area contributed by atoms with Crippen LogP contribution in [-0.2, 0) is 11.3 Å². The highest BCUT2D eigenvalue weighted by atomic mass is 16.5. The molecule has 2 atom stereocenters. The van der Waals surface area contributed by atoms with Gasteiger partial charge in [0.2, 0.25) is 0 Å². The van der Waals surface area contributed by atoms with E-state index >= 15 is 0 Å². The molecule has 0 bridgehead atoms. The second kappa shape index (κ2) is 7.47. The van der Waals surface area contributed by atoms with Crippen LogP contribution in [-0.4, -0.2) is 35.1 Å². The summed E-state index contributed by atoms with van der Waals surface area (Å²) in [4.78, 5) is 11.3. The van der Waals surface area contributed by atoms with Crippen molar-refractivity contribution in [2.75, 3.05) is 6.54 Å². The Morgan fingerprint density at radius 2 is 2.06 bits per heavy atom. The first kappa shape index (κ1) is 14.2. The fourth-order valence-corrected chi connectivity index (χ4v) is 1.24. The second-order valence-electron chi connectivity index (χ2n) is 3.74. The van der Waals surface area contributed by atoms with Crippen molar-refractivity contribution in [2.45, 2.75) is 18.8 Å². The van der Waals surface area contributed by atoms with E-state index in [0.717, 1.165) is 5.56 Å². The minimum atomic E-state index is -1.09. The zero-order valence-electron chi connectivity index (χ0n) is 9.95. The molecule has 0 saturated carbocycles. The molecular formula is C13H17NO4. The van der Waals surface area contributed by atoms with E-state index in [9.17, 15) is 15.0 Å². The van der Waals surface area contributed by atoms with E-state index in [1.165, 1.54) is 6.08 Å². The lowest BCUT2D eigenvalue weighted by Crippen LogP contribution is -2.38. The van der Waals surface area contributed by atoms with Gasteiger partial charge in [-0.15, -0.1) is 6.58 Å². The molecule has 98 valence electrons. The van der Waals surface area contributed by atoms with E-state index in [2.05, 4.69) is 11.9 Å². The van der Waals surface area contributed by atoms with E-state index in [1.54, 1.807) is 0 Å². The molecule has 5 nitrogen and oxygen atoms in total. The molecule has 0 aliphatic carbocycles. The van der Waals surface area contributed by atoms with Crippen LogP contribution in [0.15, 0.2) is 43.0 Å². The third kappa shape index (κ3) is 4.99. The average Bonchev–Trinajstić information content (AvgIpc) is 2.42. The molecule has 18 heavy (non-hydrogen) atoms. The summed E-state index contributed by atoms with van der Waals surface area (Å²) in [6.07, 6.45) is -1.61. The van der Waals surface area contributed by atoms with E-state index in [4.69, 9.17) is 4.74 Å². The zero-order chi connectivity index (χ0) is 13.4. The lowest BCUT2D eigenvalue weighted by Gasteiger charge is -2.14. The number of carbonyl (C=O) groups excluding carboxylic acids is 1. The van der Waals surface area contributed by atoms with Crippen molar-refractivity contribution in [3.8, 4) is 0 Å². The molecule has 0 spiro atoms. The number of amides is 1. The number of aliphatic hydroxyl groups is 2. The number of benzene rings is 1. The van der Waals surface area contributed by atoms with Gasteiger partial charge in [0.15, 0.2) is 0 Å². The fraction of sp³-hybridized carbons (Fsp3) is 0.308. The van der Waals surface area contributed by atoms with Gasteiger partial charge in [0.25, 0.3) is 0 Å². The second-order valence-corrected chi connectivity index (χ2v) is 3.74. The molecule has 1 amide bonds. The molecule has 5 heteroatoms. The topological polar surface area (TPSA) is 78.8 Å². The maximum absolute atomic E-state index is 11.3. The highest BCUT2D eigenvalue weighted by molar-refractivity contribution is 5.67. The molecular weight excluding hydrogens is 234 g/mol. The number of aliphatic hydroxyl groups excluding tert-OH is 2. The molecule has 0 aliphatic heterocycles. The first-order chi connectivity index (χ1) is 8.63. The van der Waals surface area contributed by atoms with Crippen LogP contribution < -0.4 is 5.32 Å². The van der Waals surface area contributed by atoms with Crippen LogP contribution in [0.4, 0.5) is 4.79 Å². The molecule has 0 aliphatic rings. The lowest BCUT2D eigenvalue weighted by molar-refractivity contribution is 0.0473. The first-order valence-corrected chi connectivity index (χ1v) is 5.56. The molecule has 1 aromatic rings. The van der Waals surface area contributed by atoms with Gasteiger partial charge in [0.05, 0.1) is 6.10 Å². The smallest absolute Gasteiger partial charge is 0.407 e. The SMILES string of the molecule is C=C[C@H](O)[C@H](O)CNC(=O)OCc1ccccc1. The lowest BCUT2D eigenvalue weighted by atomic mass is 10.2. The van der Waals surface area contributed by atoms with Crippen LogP contribution in [0.2, 0.25) is 0 Å².